The van der Waals surface area contributed by atoms with Crippen molar-refractivity contribution in [2.45, 2.75) is 32.8 Å². The average Bonchev–Trinajstić information content (AvgIpc) is 3.10. The van der Waals surface area contributed by atoms with Gasteiger partial charge in [0.15, 0.2) is 0 Å². The van der Waals surface area contributed by atoms with E-state index in [1.165, 1.54) is 16.8 Å². The third-order valence-electron chi connectivity index (χ3n) is 5.59. The van der Waals surface area contributed by atoms with Crippen molar-refractivity contribution in [3.63, 3.8) is 0 Å². The van der Waals surface area contributed by atoms with Crippen LogP contribution in [0.5, 0.6) is 0 Å². The molecule has 156 valence electrons. The Morgan fingerprint density at radius 2 is 1.93 bits per heavy atom. The predicted octanol–water partition coefficient (Wildman–Crippen LogP) is 3.34. The maximum absolute atomic E-state index is 12.3. The van der Waals surface area contributed by atoms with Gasteiger partial charge in [0.1, 0.15) is 11.2 Å². The number of fused-ring (bicyclic) bond motifs is 1. The molecule has 1 N–H and O–H groups in total. The standard InChI is InChI=1S/C22H31N5O2/c1-22(2,3)29-21(28)27-7-5-16(6-8-27)19-15-24-20-18(19)13-17(14-23-20)26-11-9-25(4)10-12-26/h5,13-15H,6-12H2,1-4H3,(H,23,24). The van der Waals surface area contributed by atoms with Gasteiger partial charge in [-0.3, -0.25) is 0 Å². The SMILES string of the molecule is CN1CCN(c2cnc3[nH]cc(C4=CCN(C(=O)OC(C)(C)C)CC4)c3c2)CC1. The van der Waals surface area contributed by atoms with Crippen LogP contribution in [0.4, 0.5) is 10.5 Å². The first-order valence-electron chi connectivity index (χ1n) is 10.4. The minimum atomic E-state index is -0.469. The molecule has 2 aromatic rings. The maximum Gasteiger partial charge on any atom is 0.410 e. The normalized spacial score (nSPS) is 18.8. The number of nitrogens with zero attached hydrogens (tertiary/aromatic N) is 4. The van der Waals surface area contributed by atoms with E-state index in [-0.39, 0.29) is 6.09 Å². The molecule has 2 aliphatic rings. The molecule has 0 saturated carbocycles. The molecule has 0 radical (unpaired) electrons. The summed E-state index contributed by atoms with van der Waals surface area (Å²) in [4.78, 5) is 26.8. The van der Waals surface area contributed by atoms with Crippen LogP contribution in [0, 0.1) is 0 Å². The number of rotatable bonds is 2. The van der Waals surface area contributed by atoms with Gasteiger partial charge in [0.2, 0.25) is 0 Å². The highest BCUT2D eigenvalue weighted by molar-refractivity contribution is 5.92. The minimum absolute atomic E-state index is 0.245. The molecular weight excluding hydrogens is 366 g/mol. The van der Waals surface area contributed by atoms with Gasteiger partial charge in [-0.1, -0.05) is 6.08 Å². The summed E-state index contributed by atoms with van der Waals surface area (Å²) in [6.07, 6.45) is 6.71. The summed E-state index contributed by atoms with van der Waals surface area (Å²) in [5.41, 5.74) is 4.07. The van der Waals surface area contributed by atoms with E-state index >= 15 is 0 Å². The summed E-state index contributed by atoms with van der Waals surface area (Å²) in [6, 6.07) is 2.25. The van der Waals surface area contributed by atoms with E-state index in [4.69, 9.17) is 4.74 Å². The number of ether oxygens (including phenoxy) is 1. The van der Waals surface area contributed by atoms with Crippen LogP contribution in [0.2, 0.25) is 0 Å². The molecular formula is C22H31N5O2. The molecule has 0 bridgehead atoms. The zero-order valence-electron chi connectivity index (χ0n) is 17.9. The van der Waals surface area contributed by atoms with Gasteiger partial charge in [0, 0.05) is 56.4 Å². The zero-order chi connectivity index (χ0) is 20.6. The Labute approximate surface area is 172 Å². The molecule has 2 aromatic heterocycles. The Bertz CT molecular complexity index is 919. The van der Waals surface area contributed by atoms with Crippen LogP contribution >= 0.6 is 0 Å². The van der Waals surface area contributed by atoms with E-state index in [1.54, 1.807) is 4.90 Å². The highest BCUT2D eigenvalue weighted by Gasteiger charge is 2.25. The van der Waals surface area contributed by atoms with Gasteiger partial charge in [-0.05, 0) is 45.9 Å². The van der Waals surface area contributed by atoms with E-state index in [2.05, 4.69) is 39.0 Å². The summed E-state index contributed by atoms with van der Waals surface area (Å²) >= 11 is 0. The fourth-order valence-electron chi connectivity index (χ4n) is 3.90. The number of H-pyrrole nitrogens is 1. The number of carbonyl (C=O) groups excluding carboxylic acids is 1. The number of likely N-dealkylation sites (N-methyl/N-ethyl adjacent to an activating group) is 1. The number of nitrogens with one attached hydrogen (secondary N) is 1. The number of piperazine rings is 1. The second-order valence-corrected chi connectivity index (χ2v) is 8.99. The molecule has 1 saturated heterocycles. The molecule has 2 aliphatic heterocycles. The highest BCUT2D eigenvalue weighted by Crippen LogP contribution is 2.31. The molecule has 7 nitrogen and oxygen atoms in total. The van der Waals surface area contributed by atoms with Crippen molar-refractivity contribution >= 4 is 28.4 Å². The predicted molar refractivity (Wildman–Crippen MR) is 116 cm³/mol. The van der Waals surface area contributed by atoms with Crippen molar-refractivity contribution in [2.24, 2.45) is 0 Å². The molecule has 4 heterocycles. The summed E-state index contributed by atoms with van der Waals surface area (Å²) in [6.45, 7) is 11.1. The number of amides is 1. The lowest BCUT2D eigenvalue weighted by molar-refractivity contribution is 0.0270. The first-order chi connectivity index (χ1) is 13.8. The quantitative estimate of drug-likeness (QED) is 0.842. The maximum atomic E-state index is 12.3. The lowest BCUT2D eigenvalue weighted by Gasteiger charge is -2.33. The Hall–Kier alpha value is -2.54. The number of hydrogen-bond donors (Lipinski definition) is 1. The Kier molecular flexibility index (Phi) is 5.25. The zero-order valence-corrected chi connectivity index (χ0v) is 17.9. The molecule has 7 heteroatoms. The van der Waals surface area contributed by atoms with E-state index in [0.717, 1.165) is 43.6 Å². The van der Waals surface area contributed by atoms with Crippen LogP contribution in [0.15, 0.2) is 24.5 Å². The number of hydrogen-bond acceptors (Lipinski definition) is 5. The van der Waals surface area contributed by atoms with Gasteiger partial charge in [0.25, 0.3) is 0 Å². The molecule has 0 unspecified atom stereocenters. The molecule has 1 amide bonds. The first kappa shape index (κ1) is 19.8. The number of carbonyl (C=O) groups is 1. The Morgan fingerprint density at radius 3 is 2.59 bits per heavy atom. The molecule has 29 heavy (non-hydrogen) atoms. The molecule has 0 aliphatic carbocycles. The summed E-state index contributed by atoms with van der Waals surface area (Å²) in [5, 5.41) is 1.15. The van der Waals surface area contributed by atoms with Crippen molar-refractivity contribution in [1.29, 1.82) is 0 Å². The molecule has 4 rings (SSSR count). The third-order valence-corrected chi connectivity index (χ3v) is 5.59. The van der Waals surface area contributed by atoms with Crippen LogP contribution in [0.25, 0.3) is 16.6 Å². The molecule has 1 fully saturated rings. The van der Waals surface area contributed by atoms with E-state index in [0.29, 0.717) is 13.1 Å². The lowest BCUT2D eigenvalue weighted by Crippen LogP contribution is -2.44. The second kappa shape index (κ2) is 7.71. The topological polar surface area (TPSA) is 64.7 Å². The van der Waals surface area contributed by atoms with Crippen molar-refractivity contribution in [2.75, 3.05) is 51.2 Å². The van der Waals surface area contributed by atoms with Crippen LogP contribution in [0.1, 0.15) is 32.8 Å². The van der Waals surface area contributed by atoms with E-state index in [9.17, 15) is 4.79 Å². The van der Waals surface area contributed by atoms with Crippen molar-refractivity contribution < 1.29 is 9.53 Å². The third kappa shape index (κ3) is 4.40. The van der Waals surface area contributed by atoms with Gasteiger partial charge in [0.05, 0.1) is 11.9 Å². The van der Waals surface area contributed by atoms with Gasteiger partial charge < -0.3 is 24.4 Å². The smallest absolute Gasteiger partial charge is 0.410 e. The van der Waals surface area contributed by atoms with Gasteiger partial charge in [-0.15, -0.1) is 0 Å². The fraction of sp³-hybridized carbons (Fsp3) is 0.545. The average molecular weight is 398 g/mol. The van der Waals surface area contributed by atoms with Crippen molar-refractivity contribution in [3.8, 4) is 0 Å². The summed E-state index contributed by atoms with van der Waals surface area (Å²) in [7, 11) is 2.17. The van der Waals surface area contributed by atoms with E-state index < -0.39 is 5.60 Å². The second-order valence-electron chi connectivity index (χ2n) is 8.99. The van der Waals surface area contributed by atoms with Crippen molar-refractivity contribution in [3.05, 3.63) is 30.1 Å². The van der Waals surface area contributed by atoms with Crippen molar-refractivity contribution in [1.82, 2.24) is 19.8 Å². The fourth-order valence-corrected chi connectivity index (χ4v) is 3.90. The number of pyridine rings is 1. The van der Waals surface area contributed by atoms with Crippen LogP contribution < -0.4 is 4.90 Å². The molecule has 0 atom stereocenters. The number of aromatic amines is 1. The summed E-state index contributed by atoms with van der Waals surface area (Å²) in [5.74, 6) is 0. The van der Waals surface area contributed by atoms with Crippen LogP contribution in [0.3, 0.4) is 0 Å². The lowest BCUT2D eigenvalue weighted by atomic mass is 9.99. The number of anilines is 1. The van der Waals surface area contributed by atoms with Gasteiger partial charge >= 0.3 is 6.09 Å². The largest absolute Gasteiger partial charge is 0.444 e. The Balaban J connectivity index is 1.52. The van der Waals surface area contributed by atoms with E-state index in [1.807, 2.05) is 33.2 Å². The number of aromatic nitrogens is 2. The van der Waals surface area contributed by atoms with Crippen LogP contribution in [-0.4, -0.2) is 77.8 Å². The summed E-state index contributed by atoms with van der Waals surface area (Å²) < 4.78 is 5.50. The minimum Gasteiger partial charge on any atom is -0.444 e. The molecule has 0 aromatic carbocycles. The highest BCUT2D eigenvalue weighted by atomic mass is 16.6. The van der Waals surface area contributed by atoms with Gasteiger partial charge in [-0.2, -0.15) is 0 Å². The first-order valence-corrected chi connectivity index (χ1v) is 10.4. The Morgan fingerprint density at radius 1 is 1.17 bits per heavy atom. The molecule has 0 spiro atoms. The monoisotopic (exact) mass is 397 g/mol. The van der Waals surface area contributed by atoms with Crippen LogP contribution in [-0.2, 0) is 4.74 Å². The van der Waals surface area contributed by atoms with Gasteiger partial charge in [-0.25, -0.2) is 9.78 Å².